The van der Waals surface area contributed by atoms with Crippen LogP contribution in [0.2, 0.25) is 0 Å². The first-order valence-corrected chi connectivity index (χ1v) is 13.9. The van der Waals surface area contributed by atoms with Crippen LogP contribution in [0, 0.1) is 17.8 Å². The molecule has 1 aromatic carbocycles. The molecule has 1 amide bonds. The van der Waals surface area contributed by atoms with Gasteiger partial charge in [-0.15, -0.1) is 0 Å². The van der Waals surface area contributed by atoms with E-state index in [9.17, 15) is 13.2 Å². The van der Waals surface area contributed by atoms with E-state index in [2.05, 4.69) is 48.3 Å². The monoisotopic (exact) mass is 463 g/mol. The summed E-state index contributed by atoms with van der Waals surface area (Å²) in [6.07, 6.45) is 4.09. The molecule has 0 aromatic heterocycles. The molecule has 0 radical (unpaired) electrons. The zero-order chi connectivity index (χ0) is 23.1. The maximum atomic E-state index is 12.6. The van der Waals surface area contributed by atoms with E-state index in [4.69, 9.17) is 0 Å². The highest BCUT2D eigenvalue weighted by Gasteiger charge is 2.30. The summed E-state index contributed by atoms with van der Waals surface area (Å²) in [5.74, 6) is 1.67. The standard InChI is InChI=1S/C25H41N3O3S/c1-4-5-14-32(30,31)28-12-10-24(11-13-28)25(29)26-16-22-6-8-23(9-7-22)19-27-17-20(2)15-21(3)18-27/h6-9,20-21,24H,4-5,10-19H2,1-3H3,(H,26,29). The lowest BCUT2D eigenvalue weighted by molar-refractivity contribution is -0.126. The molecule has 0 aliphatic carbocycles. The number of hydrogen-bond acceptors (Lipinski definition) is 4. The first-order valence-electron chi connectivity index (χ1n) is 12.3. The minimum atomic E-state index is -3.17. The van der Waals surface area contributed by atoms with Gasteiger partial charge in [0.1, 0.15) is 0 Å². The highest BCUT2D eigenvalue weighted by molar-refractivity contribution is 7.89. The molecule has 2 saturated heterocycles. The van der Waals surface area contributed by atoms with Crippen molar-refractivity contribution in [3.8, 4) is 0 Å². The van der Waals surface area contributed by atoms with Crippen molar-refractivity contribution in [2.24, 2.45) is 17.8 Å². The second-order valence-corrected chi connectivity index (χ2v) is 12.1. The summed E-state index contributed by atoms with van der Waals surface area (Å²) in [6, 6.07) is 8.56. The van der Waals surface area contributed by atoms with Gasteiger partial charge in [0.25, 0.3) is 0 Å². The Morgan fingerprint density at radius 3 is 2.22 bits per heavy atom. The molecular weight excluding hydrogens is 422 g/mol. The Balaban J connectivity index is 1.41. The number of amides is 1. The molecule has 1 N–H and O–H groups in total. The number of piperidine rings is 2. The Morgan fingerprint density at radius 2 is 1.62 bits per heavy atom. The van der Waals surface area contributed by atoms with E-state index >= 15 is 0 Å². The number of rotatable bonds is 9. The molecule has 2 aliphatic heterocycles. The topological polar surface area (TPSA) is 69.7 Å². The summed E-state index contributed by atoms with van der Waals surface area (Å²) < 4.78 is 26.2. The molecule has 32 heavy (non-hydrogen) atoms. The van der Waals surface area contributed by atoms with Crippen molar-refractivity contribution in [3.63, 3.8) is 0 Å². The van der Waals surface area contributed by atoms with Crippen LogP contribution in [-0.2, 0) is 27.9 Å². The van der Waals surface area contributed by atoms with Gasteiger partial charge in [0, 0.05) is 45.2 Å². The summed E-state index contributed by atoms with van der Waals surface area (Å²) in [5.41, 5.74) is 2.42. The summed E-state index contributed by atoms with van der Waals surface area (Å²) in [6.45, 7) is 11.4. The zero-order valence-electron chi connectivity index (χ0n) is 20.1. The number of hydrogen-bond donors (Lipinski definition) is 1. The third-order valence-corrected chi connectivity index (χ3v) is 8.77. The lowest BCUT2D eigenvalue weighted by Gasteiger charge is -2.35. The Morgan fingerprint density at radius 1 is 1.03 bits per heavy atom. The van der Waals surface area contributed by atoms with Gasteiger partial charge in [0.05, 0.1) is 5.75 Å². The normalized spacial score (nSPS) is 23.8. The Labute approximate surface area is 194 Å². The number of unbranched alkanes of at least 4 members (excludes halogenated alkanes) is 1. The lowest BCUT2D eigenvalue weighted by atomic mass is 9.91. The van der Waals surface area contributed by atoms with Gasteiger partial charge < -0.3 is 5.32 Å². The van der Waals surface area contributed by atoms with Crippen LogP contribution >= 0.6 is 0 Å². The third kappa shape index (κ3) is 7.29. The molecule has 0 bridgehead atoms. The molecular formula is C25H41N3O3S. The van der Waals surface area contributed by atoms with Crippen LogP contribution in [-0.4, -0.2) is 55.5 Å². The summed E-state index contributed by atoms with van der Waals surface area (Å²) in [4.78, 5) is 15.2. The molecule has 180 valence electrons. The summed E-state index contributed by atoms with van der Waals surface area (Å²) in [7, 11) is -3.17. The van der Waals surface area contributed by atoms with Crippen molar-refractivity contribution in [3.05, 3.63) is 35.4 Å². The van der Waals surface area contributed by atoms with Gasteiger partial charge in [-0.3, -0.25) is 9.69 Å². The summed E-state index contributed by atoms with van der Waals surface area (Å²) >= 11 is 0. The van der Waals surface area contributed by atoms with Gasteiger partial charge in [-0.1, -0.05) is 51.5 Å². The van der Waals surface area contributed by atoms with Crippen LogP contribution in [0.3, 0.4) is 0 Å². The molecule has 2 fully saturated rings. The van der Waals surface area contributed by atoms with Crippen LogP contribution in [0.4, 0.5) is 0 Å². The average Bonchev–Trinajstić information content (AvgIpc) is 2.76. The van der Waals surface area contributed by atoms with E-state index < -0.39 is 10.0 Å². The number of nitrogens with zero attached hydrogens (tertiary/aromatic N) is 2. The quantitative estimate of drug-likeness (QED) is 0.607. The molecule has 2 atom stereocenters. The Kier molecular flexibility index (Phi) is 9.14. The first kappa shape index (κ1) is 25.2. The Bertz CT molecular complexity index is 822. The maximum Gasteiger partial charge on any atom is 0.223 e. The van der Waals surface area contributed by atoms with Crippen molar-refractivity contribution < 1.29 is 13.2 Å². The number of carbonyl (C=O) groups excluding carboxylic acids is 1. The first-order chi connectivity index (χ1) is 15.3. The molecule has 2 heterocycles. The van der Waals surface area contributed by atoms with Crippen molar-refractivity contribution in [1.29, 1.82) is 0 Å². The van der Waals surface area contributed by atoms with E-state index in [1.165, 1.54) is 25.1 Å². The van der Waals surface area contributed by atoms with Crippen molar-refractivity contribution >= 4 is 15.9 Å². The van der Waals surface area contributed by atoms with Crippen molar-refractivity contribution in [2.75, 3.05) is 31.9 Å². The van der Waals surface area contributed by atoms with Gasteiger partial charge in [-0.05, 0) is 48.6 Å². The molecule has 3 rings (SSSR count). The predicted octanol–water partition coefficient (Wildman–Crippen LogP) is 3.62. The van der Waals surface area contributed by atoms with Crippen LogP contribution < -0.4 is 5.32 Å². The maximum absolute atomic E-state index is 12.6. The van der Waals surface area contributed by atoms with E-state index in [1.807, 2.05) is 6.92 Å². The fourth-order valence-electron chi connectivity index (χ4n) is 5.13. The molecule has 2 aliphatic rings. The number of benzene rings is 1. The van der Waals surface area contributed by atoms with E-state index in [-0.39, 0.29) is 17.6 Å². The SMILES string of the molecule is CCCCS(=O)(=O)N1CCC(C(=O)NCc2ccc(CN3CC(C)CC(C)C3)cc2)CC1. The Hall–Kier alpha value is -1.44. The van der Waals surface area contributed by atoms with Crippen LogP contribution in [0.15, 0.2) is 24.3 Å². The van der Waals surface area contributed by atoms with E-state index in [0.717, 1.165) is 30.4 Å². The van der Waals surface area contributed by atoms with Gasteiger partial charge in [0.15, 0.2) is 0 Å². The molecule has 0 saturated carbocycles. The third-order valence-electron chi connectivity index (χ3n) is 6.81. The number of sulfonamides is 1. The van der Waals surface area contributed by atoms with Crippen LogP contribution in [0.1, 0.15) is 64.0 Å². The lowest BCUT2D eigenvalue weighted by Crippen LogP contribution is -2.43. The highest BCUT2D eigenvalue weighted by Crippen LogP contribution is 2.23. The zero-order valence-corrected chi connectivity index (χ0v) is 20.9. The average molecular weight is 464 g/mol. The van der Waals surface area contributed by atoms with Crippen LogP contribution in [0.5, 0.6) is 0 Å². The second-order valence-electron chi connectivity index (χ2n) is 10.0. The van der Waals surface area contributed by atoms with Crippen LogP contribution in [0.25, 0.3) is 0 Å². The number of likely N-dealkylation sites (tertiary alicyclic amines) is 1. The highest BCUT2D eigenvalue weighted by atomic mass is 32.2. The molecule has 7 heteroatoms. The fourth-order valence-corrected chi connectivity index (χ4v) is 6.81. The van der Waals surface area contributed by atoms with Gasteiger partial charge in [0.2, 0.25) is 15.9 Å². The number of nitrogens with one attached hydrogen (secondary N) is 1. The molecule has 1 aromatic rings. The second kappa shape index (κ2) is 11.6. The number of carbonyl (C=O) groups is 1. The minimum absolute atomic E-state index is 0.0379. The summed E-state index contributed by atoms with van der Waals surface area (Å²) in [5, 5.41) is 3.05. The molecule has 0 spiro atoms. The van der Waals surface area contributed by atoms with Crippen molar-refractivity contribution in [2.45, 2.75) is 66.0 Å². The fraction of sp³-hybridized carbons (Fsp3) is 0.720. The molecule has 2 unspecified atom stereocenters. The van der Waals surface area contributed by atoms with Gasteiger partial charge >= 0.3 is 0 Å². The smallest absolute Gasteiger partial charge is 0.223 e. The minimum Gasteiger partial charge on any atom is -0.352 e. The van der Waals surface area contributed by atoms with Gasteiger partial charge in [-0.2, -0.15) is 0 Å². The van der Waals surface area contributed by atoms with E-state index in [1.54, 1.807) is 4.31 Å². The largest absolute Gasteiger partial charge is 0.352 e. The predicted molar refractivity (Wildman–Crippen MR) is 130 cm³/mol. The molecule has 6 nitrogen and oxygen atoms in total. The van der Waals surface area contributed by atoms with Crippen molar-refractivity contribution in [1.82, 2.24) is 14.5 Å². The van der Waals surface area contributed by atoms with Gasteiger partial charge in [-0.25, -0.2) is 12.7 Å². The van der Waals surface area contributed by atoms with E-state index in [0.29, 0.717) is 38.9 Å².